The average Bonchev–Trinajstić information content (AvgIpc) is 2.85. The zero-order valence-corrected chi connectivity index (χ0v) is 13.0. The van der Waals surface area contributed by atoms with Crippen molar-refractivity contribution in [3.63, 3.8) is 0 Å². The molecule has 0 radical (unpaired) electrons. The second-order valence-corrected chi connectivity index (χ2v) is 3.09. The van der Waals surface area contributed by atoms with Gasteiger partial charge in [-0.1, -0.05) is 30.9 Å². The van der Waals surface area contributed by atoms with Gasteiger partial charge in [-0.25, -0.2) is 5.10 Å². The van der Waals surface area contributed by atoms with E-state index in [-0.39, 0.29) is 5.91 Å². The standard InChI is InChI=1S/C5H8.C4H6N4O.C3H6.C2H6O/c1-3-5-4-2;1-3(9)7-4-5-2-6-8-4;2*1-3-2/h3-5H,1H2,2H3;2H,1H3,(H2,5,6,7,8,9);3H,1H2,2H3;1-2H3/b5-4-;;;. The molecule has 2 N–H and O–H groups in total. The van der Waals surface area contributed by atoms with Crippen LogP contribution in [0, 0.1) is 0 Å². The van der Waals surface area contributed by atoms with Crippen LogP contribution in [0.5, 0.6) is 0 Å². The highest BCUT2D eigenvalue weighted by Gasteiger charge is 1.93. The van der Waals surface area contributed by atoms with E-state index in [4.69, 9.17) is 0 Å². The van der Waals surface area contributed by atoms with E-state index >= 15 is 0 Å². The van der Waals surface area contributed by atoms with Gasteiger partial charge in [0.2, 0.25) is 11.9 Å². The van der Waals surface area contributed by atoms with Crippen LogP contribution in [0.15, 0.2) is 43.8 Å². The normalized spacial score (nSPS) is 7.85. The SMILES string of the molecule is C=C/C=C\C.C=CC.CC(=O)Nc1ncn[nH]1.COC. The second-order valence-electron chi connectivity index (χ2n) is 3.09. The fourth-order valence-corrected chi connectivity index (χ4v) is 0.569. The molecule has 1 rings (SSSR count). The molecule has 0 unspecified atom stereocenters. The number of aromatic nitrogens is 3. The van der Waals surface area contributed by atoms with Gasteiger partial charge in [-0.2, -0.15) is 10.1 Å². The van der Waals surface area contributed by atoms with Crippen molar-refractivity contribution in [3.8, 4) is 0 Å². The van der Waals surface area contributed by atoms with E-state index in [0.717, 1.165) is 0 Å². The van der Waals surface area contributed by atoms with Crippen LogP contribution in [0.25, 0.3) is 0 Å². The molecule has 1 aromatic heterocycles. The molecule has 0 atom stereocenters. The first-order valence-corrected chi connectivity index (χ1v) is 5.87. The zero-order valence-electron chi connectivity index (χ0n) is 13.0. The van der Waals surface area contributed by atoms with Crippen molar-refractivity contribution in [1.82, 2.24) is 15.2 Å². The molecule has 6 nitrogen and oxygen atoms in total. The molecule has 114 valence electrons. The third-order valence-corrected chi connectivity index (χ3v) is 1.04. The Balaban J connectivity index is -0.000000224. The maximum Gasteiger partial charge on any atom is 0.225 e. The van der Waals surface area contributed by atoms with Crippen LogP contribution in [0.1, 0.15) is 20.8 Å². The average molecular weight is 282 g/mol. The fraction of sp³-hybridized carbons (Fsp3) is 0.357. The van der Waals surface area contributed by atoms with Crippen molar-refractivity contribution in [3.05, 3.63) is 43.8 Å². The number of methoxy groups -OCH3 is 1. The molecule has 1 amide bonds. The van der Waals surface area contributed by atoms with Crippen molar-refractivity contribution in [1.29, 1.82) is 0 Å². The Labute approximate surface area is 121 Å². The van der Waals surface area contributed by atoms with Crippen molar-refractivity contribution >= 4 is 11.9 Å². The number of anilines is 1. The first-order valence-electron chi connectivity index (χ1n) is 5.87. The number of aromatic amines is 1. The summed E-state index contributed by atoms with van der Waals surface area (Å²) in [5, 5.41) is 8.42. The molecular weight excluding hydrogens is 256 g/mol. The van der Waals surface area contributed by atoms with Crippen molar-refractivity contribution in [2.45, 2.75) is 20.8 Å². The zero-order chi connectivity index (χ0) is 16.2. The third kappa shape index (κ3) is 29.7. The smallest absolute Gasteiger partial charge is 0.225 e. The van der Waals surface area contributed by atoms with Gasteiger partial charge in [0.1, 0.15) is 6.33 Å². The van der Waals surface area contributed by atoms with Gasteiger partial charge in [-0.15, -0.1) is 6.58 Å². The summed E-state index contributed by atoms with van der Waals surface area (Å²) in [6.07, 6.45) is 8.65. The van der Waals surface area contributed by atoms with E-state index in [1.807, 2.05) is 26.0 Å². The maximum absolute atomic E-state index is 10.3. The quantitative estimate of drug-likeness (QED) is 0.645. The summed E-state index contributed by atoms with van der Waals surface area (Å²) in [4.78, 5) is 14.0. The van der Waals surface area contributed by atoms with Gasteiger partial charge in [0.05, 0.1) is 0 Å². The monoisotopic (exact) mass is 282 g/mol. The maximum atomic E-state index is 10.3. The minimum absolute atomic E-state index is 0.160. The largest absolute Gasteiger partial charge is 0.388 e. The number of H-pyrrole nitrogens is 1. The Bertz CT molecular complexity index is 346. The lowest BCUT2D eigenvalue weighted by Gasteiger charge is -1.90. The Morgan fingerprint density at radius 1 is 1.40 bits per heavy atom. The highest BCUT2D eigenvalue weighted by Crippen LogP contribution is 1.89. The van der Waals surface area contributed by atoms with Crippen LogP contribution in [-0.4, -0.2) is 35.3 Å². The number of hydrogen-bond donors (Lipinski definition) is 2. The summed E-state index contributed by atoms with van der Waals surface area (Å²) in [5.41, 5.74) is 0. The molecular formula is C14H26N4O2. The Hall–Kier alpha value is -2.21. The van der Waals surface area contributed by atoms with Crippen LogP contribution < -0.4 is 5.32 Å². The highest BCUT2D eigenvalue weighted by atomic mass is 16.4. The Morgan fingerprint density at radius 3 is 2.10 bits per heavy atom. The third-order valence-electron chi connectivity index (χ3n) is 1.04. The summed E-state index contributed by atoms with van der Waals surface area (Å²) in [7, 11) is 3.25. The van der Waals surface area contributed by atoms with E-state index in [0.29, 0.717) is 5.95 Å². The van der Waals surface area contributed by atoms with Crippen LogP contribution >= 0.6 is 0 Å². The van der Waals surface area contributed by atoms with Crippen molar-refractivity contribution in [2.24, 2.45) is 0 Å². The summed E-state index contributed by atoms with van der Waals surface area (Å²) in [6, 6.07) is 0. The molecule has 0 fully saturated rings. The van der Waals surface area contributed by atoms with Crippen LogP contribution in [0.3, 0.4) is 0 Å². The number of ether oxygens (including phenoxy) is 1. The fourth-order valence-electron chi connectivity index (χ4n) is 0.569. The lowest BCUT2D eigenvalue weighted by Crippen LogP contribution is -2.06. The number of rotatable bonds is 2. The topological polar surface area (TPSA) is 79.9 Å². The van der Waals surface area contributed by atoms with E-state index in [2.05, 4.69) is 38.4 Å². The molecule has 20 heavy (non-hydrogen) atoms. The summed E-state index contributed by atoms with van der Waals surface area (Å²) in [6.45, 7) is 12.1. The molecule has 0 aliphatic heterocycles. The molecule has 0 spiro atoms. The van der Waals surface area contributed by atoms with Gasteiger partial charge in [0.25, 0.3) is 0 Å². The Kier molecular flexibility index (Phi) is 25.2. The predicted molar refractivity (Wildman–Crippen MR) is 84.5 cm³/mol. The Morgan fingerprint density at radius 2 is 1.90 bits per heavy atom. The summed E-state index contributed by atoms with van der Waals surface area (Å²) < 4.78 is 4.25. The van der Waals surface area contributed by atoms with Gasteiger partial charge in [0.15, 0.2) is 0 Å². The van der Waals surface area contributed by atoms with E-state index in [9.17, 15) is 4.79 Å². The van der Waals surface area contributed by atoms with Gasteiger partial charge < -0.3 is 4.74 Å². The van der Waals surface area contributed by atoms with Crippen molar-refractivity contribution < 1.29 is 9.53 Å². The molecule has 0 aliphatic carbocycles. The van der Waals surface area contributed by atoms with E-state index in [1.165, 1.54) is 13.3 Å². The minimum atomic E-state index is -0.160. The molecule has 0 saturated carbocycles. The van der Waals surface area contributed by atoms with Gasteiger partial charge in [0, 0.05) is 21.1 Å². The number of allylic oxidation sites excluding steroid dienone is 4. The lowest BCUT2D eigenvalue weighted by molar-refractivity contribution is -0.114. The van der Waals surface area contributed by atoms with Crippen LogP contribution in [0.2, 0.25) is 0 Å². The lowest BCUT2D eigenvalue weighted by atomic mass is 10.5. The molecule has 0 bridgehead atoms. The van der Waals surface area contributed by atoms with E-state index in [1.54, 1.807) is 26.4 Å². The number of nitrogens with one attached hydrogen (secondary N) is 2. The number of nitrogens with zero attached hydrogens (tertiary/aromatic N) is 2. The van der Waals surface area contributed by atoms with Gasteiger partial charge >= 0.3 is 0 Å². The minimum Gasteiger partial charge on any atom is -0.388 e. The summed E-state index contributed by atoms with van der Waals surface area (Å²) >= 11 is 0. The first-order chi connectivity index (χ1) is 9.53. The second kappa shape index (κ2) is 22.0. The molecule has 1 aromatic rings. The first kappa shape index (κ1) is 22.9. The number of amides is 1. The summed E-state index contributed by atoms with van der Waals surface area (Å²) in [5.74, 6) is 0.217. The molecule has 6 heteroatoms. The number of carbonyl (C=O) groups excluding carboxylic acids is 1. The molecule has 0 aliphatic rings. The van der Waals surface area contributed by atoms with Crippen LogP contribution in [0.4, 0.5) is 5.95 Å². The van der Waals surface area contributed by atoms with Crippen molar-refractivity contribution in [2.75, 3.05) is 19.5 Å². The van der Waals surface area contributed by atoms with Gasteiger partial charge in [-0.05, 0) is 13.8 Å². The number of hydrogen-bond acceptors (Lipinski definition) is 4. The predicted octanol–water partition coefficient (Wildman–Crippen LogP) is 2.97. The van der Waals surface area contributed by atoms with Gasteiger partial charge in [-0.3, -0.25) is 10.1 Å². The van der Waals surface area contributed by atoms with Crippen LogP contribution in [-0.2, 0) is 9.53 Å². The van der Waals surface area contributed by atoms with E-state index < -0.39 is 0 Å². The number of carbonyl (C=O) groups is 1. The highest BCUT2D eigenvalue weighted by molar-refractivity contribution is 5.86. The molecule has 0 aromatic carbocycles. The molecule has 0 saturated heterocycles. The molecule has 1 heterocycles.